The van der Waals surface area contributed by atoms with E-state index in [4.69, 9.17) is 4.43 Å². The van der Waals surface area contributed by atoms with Crippen molar-refractivity contribution in [3.63, 3.8) is 0 Å². The van der Waals surface area contributed by atoms with Gasteiger partial charge in [0.2, 0.25) is 0 Å². The third-order valence-corrected chi connectivity index (χ3v) is 11.9. The molecule has 0 N–H and O–H groups in total. The van der Waals surface area contributed by atoms with Crippen molar-refractivity contribution in [1.82, 2.24) is 0 Å². The van der Waals surface area contributed by atoms with E-state index in [1.165, 1.54) is 68.2 Å². The monoisotopic (exact) mass is 502 g/mol. The van der Waals surface area contributed by atoms with Crippen LogP contribution in [-0.4, -0.2) is 20.3 Å². The van der Waals surface area contributed by atoms with Crippen molar-refractivity contribution >= 4 is 34.6 Å². The zero-order valence-corrected chi connectivity index (χ0v) is 22.6. The minimum Gasteiger partial charge on any atom is -0.407 e. The van der Waals surface area contributed by atoms with Gasteiger partial charge >= 0.3 is 0 Å². The van der Waals surface area contributed by atoms with Crippen LogP contribution in [0.5, 0.6) is 0 Å². The molecule has 0 amide bonds. The van der Waals surface area contributed by atoms with Crippen molar-refractivity contribution in [3.8, 4) is 0 Å². The van der Waals surface area contributed by atoms with Crippen molar-refractivity contribution in [2.24, 2.45) is 0 Å². The second-order valence-electron chi connectivity index (χ2n) is 9.74. The number of rotatable bonds is 15. The Labute approximate surface area is 201 Å². The lowest BCUT2D eigenvalue weighted by atomic mass is 10.1. The molecule has 172 valence electrons. The van der Waals surface area contributed by atoms with Gasteiger partial charge in [-0.15, -0.1) is 0 Å². The van der Waals surface area contributed by atoms with Gasteiger partial charge in [0, 0.05) is 11.9 Å². The summed E-state index contributed by atoms with van der Waals surface area (Å²) in [7, 11) is -2.35. The molecular weight excluding hydrogens is 460 g/mol. The van der Waals surface area contributed by atoms with Gasteiger partial charge in [-0.1, -0.05) is 149 Å². The lowest BCUT2D eigenvalue weighted by Gasteiger charge is -2.43. The first-order chi connectivity index (χ1) is 15.0. The molecule has 0 aliphatic heterocycles. The highest BCUT2D eigenvalue weighted by atomic mass is 79.9. The highest BCUT2D eigenvalue weighted by Gasteiger charge is 2.49. The second kappa shape index (κ2) is 14.3. The molecule has 0 unspecified atom stereocenters. The number of hydrogen-bond acceptors (Lipinski definition) is 1. The highest BCUT2D eigenvalue weighted by Crippen LogP contribution is 2.36. The number of benzene rings is 2. The topological polar surface area (TPSA) is 9.23 Å². The van der Waals surface area contributed by atoms with Crippen LogP contribution in [0.1, 0.15) is 85.0 Å². The molecule has 2 aromatic carbocycles. The molecule has 2 aromatic rings. The SMILES string of the molecule is CC(C)(C)[Si](OCCCCCCCCCCCCBr)(c1ccccc1)c1ccccc1. The third kappa shape index (κ3) is 8.18. The van der Waals surface area contributed by atoms with E-state index in [9.17, 15) is 0 Å². The van der Waals surface area contributed by atoms with E-state index in [1.807, 2.05) is 0 Å². The number of unbranched alkanes of at least 4 members (excludes halogenated alkanes) is 9. The Morgan fingerprint density at radius 3 is 1.39 bits per heavy atom. The van der Waals surface area contributed by atoms with Crippen molar-refractivity contribution in [3.05, 3.63) is 60.7 Å². The predicted molar refractivity (Wildman–Crippen MR) is 144 cm³/mol. The van der Waals surface area contributed by atoms with Gasteiger partial charge in [-0.3, -0.25) is 0 Å². The molecule has 0 fully saturated rings. The van der Waals surface area contributed by atoms with Gasteiger partial charge in [-0.05, 0) is 28.3 Å². The summed E-state index contributed by atoms with van der Waals surface area (Å²) in [5.74, 6) is 0. The lowest BCUT2D eigenvalue weighted by Crippen LogP contribution is -2.66. The van der Waals surface area contributed by atoms with E-state index < -0.39 is 8.32 Å². The van der Waals surface area contributed by atoms with Gasteiger partial charge in [-0.25, -0.2) is 0 Å². The first kappa shape index (κ1) is 26.4. The standard InChI is InChI=1S/C28H43BrOSi/c1-28(2,3)31(26-20-14-12-15-21-26,27-22-16-13-17-23-27)30-25-19-11-9-7-5-4-6-8-10-18-24-29/h12-17,20-23H,4-11,18-19,24-25H2,1-3H3. The fourth-order valence-corrected chi connectivity index (χ4v) is 9.60. The molecule has 1 nitrogen and oxygen atoms in total. The summed E-state index contributed by atoms with van der Waals surface area (Å²) < 4.78 is 6.98. The summed E-state index contributed by atoms with van der Waals surface area (Å²) in [6.45, 7) is 7.94. The van der Waals surface area contributed by atoms with Gasteiger partial charge in [0.05, 0.1) is 0 Å². The summed E-state index contributed by atoms with van der Waals surface area (Å²) in [5.41, 5.74) is 0. The van der Waals surface area contributed by atoms with Gasteiger partial charge in [0.15, 0.2) is 0 Å². The van der Waals surface area contributed by atoms with Crippen molar-refractivity contribution in [2.45, 2.75) is 90.0 Å². The van der Waals surface area contributed by atoms with Crippen LogP contribution < -0.4 is 10.4 Å². The normalized spacial score (nSPS) is 12.3. The average Bonchev–Trinajstić information content (AvgIpc) is 2.77. The smallest absolute Gasteiger partial charge is 0.261 e. The Bertz CT molecular complexity index is 656. The molecule has 0 heterocycles. The Morgan fingerprint density at radius 2 is 1.00 bits per heavy atom. The van der Waals surface area contributed by atoms with E-state index in [-0.39, 0.29) is 5.04 Å². The van der Waals surface area contributed by atoms with Crippen LogP contribution >= 0.6 is 15.9 Å². The van der Waals surface area contributed by atoms with Crippen LogP contribution in [0.4, 0.5) is 0 Å². The minimum atomic E-state index is -2.35. The maximum Gasteiger partial charge on any atom is 0.261 e. The molecule has 0 saturated carbocycles. The largest absolute Gasteiger partial charge is 0.407 e. The number of hydrogen-bond donors (Lipinski definition) is 0. The van der Waals surface area contributed by atoms with E-state index in [0.29, 0.717) is 0 Å². The van der Waals surface area contributed by atoms with Crippen LogP contribution in [0.3, 0.4) is 0 Å². The molecule has 2 rings (SSSR count). The maximum absolute atomic E-state index is 6.98. The molecular formula is C28H43BrOSi. The van der Waals surface area contributed by atoms with Gasteiger partial charge < -0.3 is 4.43 Å². The van der Waals surface area contributed by atoms with E-state index in [2.05, 4.69) is 97.4 Å². The van der Waals surface area contributed by atoms with E-state index in [0.717, 1.165) is 18.4 Å². The van der Waals surface area contributed by atoms with Crippen molar-refractivity contribution < 1.29 is 4.43 Å². The van der Waals surface area contributed by atoms with Crippen LogP contribution in [0, 0.1) is 0 Å². The number of halogens is 1. The zero-order chi connectivity index (χ0) is 22.4. The van der Waals surface area contributed by atoms with Crippen LogP contribution in [0.2, 0.25) is 5.04 Å². The zero-order valence-electron chi connectivity index (χ0n) is 20.0. The second-order valence-corrected chi connectivity index (χ2v) is 14.8. The van der Waals surface area contributed by atoms with Gasteiger partial charge in [0.1, 0.15) is 0 Å². The predicted octanol–water partition coefficient (Wildman–Crippen LogP) is 7.86. The number of alkyl halides is 1. The van der Waals surface area contributed by atoms with E-state index in [1.54, 1.807) is 0 Å². The molecule has 0 aliphatic carbocycles. The average molecular weight is 504 g/mol. The summed E-state index contributed by atoms with van der Waals surface area (Å²) >= 11 is 3.51. The van der Waals surface area contributed by atoms with Crippen LogP contribution in [-0.2, 0) is 4.43 Å². The quantitative estimate of drug-likeness (QED) is 0.137. The molecule has 0 aliphatic rings. The molecule has 0 radical (unpaired) electrons. The summed E-state index contributed by atoms with van der Waals surface area (Å²) in [5, 5.41) is 4.00. The molecule has 0 saturated heterocycles. The van der Waals surface area contributed by atoms with Crippen molar-refractivity contribution in [1.29, 1.82) is 0 Å². The highest BCUT2D eigenvalue weighted by molar-refractivity contribution is 9.09. The Hall–Kier alpha value is -0.903. The van der Waals surface area contributed by atoms with Gasteiger partial charge in [0.25, 0.3) is 8.32 Å². The Morgan fingerprint density at radius 1 is 0.613 bits per heavy atom. The Kier molecular flexibility index (Phi) is 12.1. The van der Waals surface area contributed by atoms with Gasteiger partial charge in [-0.2, -0.15) is 0 Å². The first-order valence-corrected chi connectivity index (χ1v) is 15.4. The molecule has 0 bridgehead atoms. The lowest BCUT2D eigenvalue weighted by molar-refractivity contribution is 0.286. The van der Waals surface area contributed by atoms with Crippen LogP contribution in [0.25, 0.3) is 0 Å². The molecule has 0 aromatic heterocycles. The minimum absolute atomic E-state index is 0.0739. The summed E-state index contributed by atoms with van der Waals surface area (Å²) in [6.07, 6.45) is 13.5. The van der Waals surface area contributed by atoms with Crippen LogP contribution in [0.15, 0.2) is 60.7 Å². The maximum atomic E-state index is 6.98. The Balaban J connectivity index is 1.88. The summed E-state index contributed by atoms with van der Waals surface area (Å²) in [6, 6.07) is 22.0. The first-order valence-electron chi connectivity index (χ1n) is 12.3. The third-order valence-electron chi connectivity index (χ3n) is 6.26. The fraction of sp³-hybridized carbons (Fsp3) is 0.571. The molecule has 31 heavy (non-hydrogen) atoms. The molecule has 0 spiro atoms. The molecule has 3 heteroatoms. The fourth-order valence-electron chi connectivity index (χ4n) is 4.60. The summed E-state index contributed by atoms with van der Waals surface area (Å²) in [4.78, 5) is 0. The molecule has 0 atom stereocenters. The van der Waals surface area contributed by atoms with E-state index >= 15 is 0 Å². The van der Waals surface area contributed by atoms with Crippen molar-refractivity contribution in [2.75, 3.05) is 11.9 Å².